The number of nitrogens with one attached hydrogen (secondary N) is 1. The SMILES string of the molecule is Cc1nc(NS(=O)(=O)N2CCC(C(=O)O)CC2)ccc1Br. The molecule has 1 fully saturated rings. The predicted octanol–water partition coefficient (Wildman–Crippen LogP) is 1.61. The van der Waals surface area contributed by atoms with E-state index < -0.39 is 22.1 Å². The highest BCUT2D eigenvalue weighted by Crippen LogP contribution is 2.22. The zero-order chi connectivity index (χ0) is 15.6. The molecule has 1 aliphatic rings. The van der Waals surface area contributed by atoms with E-state index in [9.17, 15) is 13.2 Å². The van der Waals surface area contributed by atoms with Gasteiger partial charge in [-0.25, -0.2) is 4.98 Å². The van der Waals surface area contributed by atoms with Crippen molar-refractivity contribution in [3.05, 3.63) is 22.3 Å². The topological polar surface area (TPSA) is 99.6 Å². The van der Waals surface area contributed by atoms with Crippen molar-refractivity contribution in [3.63, 3.8) is 0 Å². The summed E-state index contributed by atoms with van der Waals surface area (Å²) in [5.74, 6) is -1.09. The first-order chi connectivity index (χ1) is 9.79. The van der Waals surface area contributed by atoms with Gasteiger partial charge in [-0.2, -0.15) is 12.7 Å². The maximum Gasteiger partial charge on any atom is 0.306 e. The summed E-state index contributed by atoms with van der Waals surface area (Å²) < 4.78 is 29.0. The molecule has 0 bridgehead atoms. The standard InChI is InChI=1S/C12H16BrN3O4S/c1-8-10(13)2-3-11(14-8)15-21(19,20)16-6-4-9(5-7-16)12(17)18/h2-3,9H,4-7H2,1H3,(H,14,15)(H,17,18). The molecule has 0 amide bonds. The summed E-state index contributed by atoms with van der Waals surface area (Å²) in [4.78, 5) is 15.0. The lowest BCUT2D eigenvalue weighted by atomic mass is 9.99. The Kier molecular flexibility index (Phi) is 4.84. The van der Waals surface area contributed by atoms with Crippen molar-refractivity contribution in [2.45, 2.75) is 19.8 Å². The first-order valence-corrected chi connectivity index (χ1v) is 8.67. The molecule has 21 heavy (non-hydrogen) atoms. The Balaban J connectivity index is 2.05. The number of carboxylic acid groups (broad SMARTS) is 1. The molecule has 0 unspecified atom stereocenters. The number of carbonyl (C=O) groups is 1. The lowest BCUT2D eigenvalue weighted by Gasteiger charge is -2.29. The first-order valence-electron chi connectivity index (χ1n) is 6.43. The fourth-order valence-electron chi connectivity index (χ4n) is 2.14. The maximum atomic E-state index is 12.2. The number of hydrogen-bond donors (Lipinski definition) is 2. The van der Waals surface area contributed by atoms with Crippen LogP contribution in [0.3, 0.4) is 0 Å². The van der Waals surface area contributed by atoms with Crippen LogP contribution in [0.2, 0.25) is 0 Å². The van der Waals surface area contributed by atoms with Crippen LogP contribution in [0.1, 0.15) is 18.5 Å². The van der Waals surface area contributed by atoms with Crippen molar-refractivity contribution in [1.29, 1.82) is 0 Å². The lowest BCUT2D eigenvalue weighted by molar-refractivity contribution is -0.142. The second-order valence-corrected chi connectivity index (χ2v) is 7.41. The minimum Gasteiger partial charge on any atom is -0.481 e. The van der Waals surface area contributed by atoms with Crippen LogP contribution in [-0.4, -0.2) is 41.9 Å². The Morgan fingerprint density at radius 2 is 2.05 bits per heavy atom. The molecular weight excluding hydrogens is 362 g/mol. The number of aryl methyl sites for hydroxylation is 1. The number of nitrogens with zero attached hydrogens (tertiary/aromatic N) is 2. The normalized spacial score (nSPS) is 17.6. The van der Waals surface area contributed by atoms with E-state index in [1.54, 1.807) is 19.1 Å². The highest BCUT2D eigenvalue weighted by Gasteiger charge is 2.31. The van der Waals surface area contributed by atoms with Crippen molar-refractivity contribution in [3.8, 4) is 0 Å². The first kappa shape index (κ1) is 16.2. The Bertz CT molecular complexity index is 642. The van der Waals surface area contributed by atoms with Crippen LogP contribution >= 0.6 is 15.9 Å². The maximum absolute atomic E-state index is 12.2. The minimum absolute atomic E-state index is 0.196. The summed E-state index contributed by atoms with van der Waals surface area (Å²) in [6.07, 6.45) is 0.645. The molecule has 1 aromatic rings. The number of aliphatic carboxylic acids is 1. The van der Waals surface area contributed by atoms with Gasteiger partial charge in [-0.3, -0.25) is 9.52 Å². The van der Waals surface area contributed by atoms with Crippen LogP contribution in [0, 0.1) is 12.8 Å². The minimum atomic E-state index is -3.70. The summed E-state index contributed by atoms with van der Waals surface area (Å²) in [6, 6.07) is 3.29. The highest BCUT2D eigenvalue weighted by molar-refractivity contribution is 9.10. The van der Waals surface area contributed by atoms with Gasteiger partial charge in [-0.15, -0.1) is 0 Å². The number of rotatable bonds is 4. The average molecular weight is 378 g/mol. The van der Waals surface area contributed by atoms with Gasteiger partial charge in [-0.05, 0) is 47.8 Å². The van der Waals surface area contributed by atoms with Crippen LogP contribution < -0.4 is 4.72 Å². The molecule has 0 spiro atoms. The molecule has 1 aromatic heterocycles. The van der Waals surface area contributed by atoms with Gasteiger partial charge in [0.15, 0.2) is 0 Å². The molecule has 0 atom stereocenters. The molecule has 2 rings (SSSR count). The van der Waals surface area contributed by atoms with E-state index in [0.29, 0.717) is 18.5 Å². The van der Waals surface area contributed by atoms with Gasteiger partial charge < -0.3 is 5.11 Å². The zero-order valence-electron chi connectivity index (χ0n) is 11.4. The molecule has 2 heterocycles. The van der Waals surface area contributed by atoms with Crippen LogP contribution in [0.5, 0.6) is 0 Å². The zero-order valence-corrected chi connectivity index (χ0v) is 13.8. The van der Waals surface area contributed by atoms with Gasteiger partial charge in [0, 0.05) is 17.6 Å². The van der Waals surface area contributed by atoms with E-state index in [-0.39, 0.29) is 18.9 Å². The van der Waals surface area contributed by atoms with E-state index in [2.05, 4.69) is 25.6 Å². The van der Waals surface area contributed by atoms with Crippen molar-refractivity contribution in [1.82, 2.24) is 9.29 Å². The number of carboxylic acids is 1. The van der Waals surface area contributed by atoms with E-state index in [4.69, 9.17) is 5.11 Å². The number of anilines is 1. The molecule has 1 aliphatic heterocycles. The molecule has 0 radical (unpaired) electrons. The molecule has 0 saturated carbocycles. The third-order valence-electron chi connectivity index (χ3n) is 3.40. The fraction of sp³-hybridized carbons (Fsp3) is 0.500. The Hall–Kier alpha value is -1.19. The average Bonchev–Trinajstić information content (AvgIpc) is 2.43. The van der Waals surface area contributed by atoms with Crippen LogP contribution in [-0.2, 0) is 15.0 Å². The molecule has 0 aromatic carbocycles. The Labute approximate surface area is 131 Å². The third kappa shape index (κ3) is 3.92. The van der Waals surface area contributed by atoms with Gasteiger partial charge in [0.1, 0.15) is 5.82 Å². The van der Waals surface area contributed by atoms with Crippen LogP contribution in [0.4, 0.5) is 5.82 Å². The van der Waals surface area contributed by atoms with Gasteiger partial charge in [0.25, 0.3) is 0 Å². The summed E-state index contributed by atoms with van der Waals surface area (Å²) in [7, 11) is -3.70. The van der Waals surface area contributed by atoms with Gasteiger partial charge >= 0.3 is 16.2 Å². The van der Waals surface area contributed by atoms with Crippen LogP contribution in [0.25, 0.3) is 0 Å². The summed E-state index contributed by atoms with van der Waals surface area (Å²) in [6.45, 7) is 2.16. The second-order valence-electron chi connectivity index (χ2n) is 4.88. The summed E-state index contributed by atoms with van der Waals surface area (Å²) in [5, 5.41) is 8.92. The molecule has 9 heteroatoms. The Morgan fingerprint density at radius 1 is 1.43 bits per heavy atom. The number of hydrogen-bond acceptors (Lipinski definition) is 4. The molecule has 0 aliphatic carbocycles. The van der Waals surface area contributed by atoms with E-state index in [1.807, 2.05) is 0 Å². The Morgan fingerprint density at radius 3 is 2.57 bits per heavy atom. The van der Waals surface area contributed by atoms with Crippen molar-refractivity contribution in [2.24, 2.45) is 5.92 Å². The van der Waals surface area contributed by atoms with Gasteiger partial charge in [-0.1, -0.05) is 0 Å². The van der Waals surface area contributed by atoms with Gasteiger partial charge in [0.2, 0.25) is 0 Å². The lowest BCUT2D eigenvalue weighted by Crippen LogP contribution is -2.43. The number of halogens is 1. The predicted molar refractivity (Wildman–Crippen MR) is 81.1 cm³/mol. The largest absolute Gasteiger partial charge is 0.481 e. The number of piperidine rings is 1. The van der Waals surface area contributed by atoms with Crippen LogP contribution in [0.15, 0.2) is 16.6 Å². The van der Waals surface area contributed by atoms with E-state index >= 15 is 0 Å². The number of pyridine rings is 1. The van der Waals surface area contributed by atoms with Crippen molar-refractivity contribution in [2.75, 3.05) is 17.8 Å². The molecule has 1 saturated heterocycles. The smallest absolute Gasteiger partial charge is 0.306 e. The molecule has 7 nitrogen and oxygen atoms in total. The third-order valence-corrected chi connectivity index (χ3v) is 5.75. The summed E-state index contributed by atoms with van der Waals surface area (Å²) in [5.41, 5.74) is 0.680. The fourth-order valence-corrected chi connectivity index (χ4v) is 3.56. The molecule has 2 N–H and O–H groups in total. The van der Waals surface area contributed by atoms with E-state index in [1.165, 1.54) is 4.31 Å². The second kappa shape index (κ2) is 6.29. The molecular formula is C12H16BrN3O4S. The monoisotopic (exact) mass is 377 g/mol. The van der Waals surface area contributed by atoms with Crippen molar-refractivity contribution >= 4 is 37.9 Å². The highest BCUT2D eigenvalue weighted by atomic mass is 79.9. The van der Waals surface area contributed by atoms with E-state index in [0.717, 1.165) is 4.47 Å². The summed E-state index contributed by atoms with van der Waals surface area (Å²) >= 11 is 3.30. The quantitative estimate of drug-likeness (QED) is 0.829. The number of aromatic nitrogens is 1. The van der Waals surface area contributed by atoms with Crippen molar-refractivity contribution < 1.29 is 18.3 Å². The van der Waals surface area contributed by atoms with Gasteiger partial charge in [0.05, 0.1) is 11.6 Å². The molecule has 116 valence electrons.